The maximum atomic E-state index is 11.9. The van der Waals surface area contributed by atoms with Crippen LogP contribution in [0.4, 0.5) is 0 Å². The number of hydrogen-bond acceptors (Lipinski definition) is 2. The third-order valence-electron chi connectivity index (χ3n) is 2.46. The van der Waals surface area contributed by atoms with Crippen LogP contribution in [0.15, 0.2) is 24.3 Å². The van der Waals surface area contributed by atoms with Crippen molar-refractivity contribution in [3.05, 3.63) is 33.4 Å². The second-order valence-corrected chi connectivity index (χ2v) is 6.77. The van der Waals surface area contributed by atoms with Crippen LogP contribution < -0.4 is 5.32 Å². The zero-order valence-electron chi connectivity index (χ0n) is 11.0. The molecule has 1 aromatic rings. The van der Waals surface area contributed by atoms with Gasteiger partial charge in [-0.25, -0.2) is 0 Å². The molecule has 0 spiro atoms. The van der Waals surface area contributed by atoms with E-state index in [9.17, 15) is 9.90 Å². The first-order valence-electron chi connectivity index (χ1n) is 6.00. The van der Waals surface area contributed by atoms with E-state index in [1.54, 1.807) is 6.07 Å². The van der Waals surface area contributed by atoms with E-state index in [4.69, 9.17) is 0 Å². The second kappa shape index (κ2) is 6.52. The fourth-order valence-electron chi connectivity index (χ4n) is 1.73. The minimum atomic E-state index is -0.504. The maximum absolute atomic E-state index is 11.9. The van der Waals surface area contributed by atoms with Crippen molar-refractivity contribution >= 4 is 28.5 Å². The molecule has 0 aliphatic heterocycles. The highest BCUT2D eigenvalue weighted by Gasteiger charge is 2.17. The summed E-state index contributed by atoms with van der Waals surface area (Å²) in [5, 5.41) is 12.6. The molecule has 0 bridgehead atoms. The normalized spacial score (nSPS) is 13.2. The van der Waals surface area contributed by atoms with Crippen molar-refractivity contribution < 1.29 is 9.90 Å². The van der Waals surface area contributed by atoms with Gasteiger partial charge < -0.3 is 10.4 Å². The van der Waals surface area contributed by atoms with E-state index in [-0.39, 0.29) is 11.3 Å². The van der Waals surface area contributed by atoms with Crippen molar-refractivity contribution in [2.24, 2.45) is 5.41 Å². The van der Waals surface area contributed by atoms with Crippen LogP contribution in [0.25, 0.3) is 0 Å². The fourth-order valence-corrected chi connectivity index (χ4v) is 2.36. The molecular formula is C14H20INO2. The molecule has 0 fully saturated rings. The molecule has 0 aliphatic rings. The van der Waals surface area contributed by atoms with E-state index in [0.29, 0.717) is 18.5 Å². The lowest BCUT2D eigenvalue weighted by atomic mass is 9.89. The summed E-state index contributed by atoms with van der Waals surface area (Å²) in [5.41, 5.74) is 0.715. The van der Waals surface area contributed by atoms with Crippen LogP contribution in [-0.4, -0.2) is 23.7 Å². The van der Waals surface area contributed by atoms with Crippen LogP contribution in [0.3, 0.4) is 0 Å². The van der Waals surface area contributed by atoms with Crippen molar-refractivity contribution in [1.29, 1.82) is 0 Å². The molecule has 18 heavy (non-hydrogen) atoms. The summed E-state index contributed by atoms with van der Waals surface area (Å²) in [4.78, 5) is 11.9. The number of nitrogens with one attached hydrogen (secondary N) is 1. The van der Waals surface area contributed by atoms with Crippen LogP contribution in [0.5, 0.6) is 0 Å². The van der Waals surface area contributed by atoms with E-state index in [2.05, 4.69) is 48.7 Å². The molecule has 100 valence electrons. The molecule has 0 heterocycles. The van der Waals surface area contributed by atoms with Crippen LogP contribution >= 0.6 is 22.6 Å². The van der Waals surface area contributed by atoms with Crippen LogP contribution in [0.2, 0.25) is 0 Å². The van der Waals surface area contributed by atoms with Gasteiger partial charge in [-0.05, 0) is 46.6 Å². The Hall–Kier alpha value is -0.620. The van der Waals surface area contributed by atoms with Gasteiger partial charge in [-0.15, -0.1) is 0 Å². The Labute approximate surface area is 122 Å². The Bertz CT molecular complexity index is 413. The van der Waals surface area contributed by atoms with Crippen molar-refractivity contribution in [1.82, 2.24) is 5.32 Å². The summed E-state index contributed by atoms with van der Waals surface area (Å²) >= 11 is 2.13. The van der Waals surface area contributed by atoms with Gasteiger partial charge in [0.05, 0.1) is 11.7 Å². The number of carbonyl (C=O) groups excluding carboxylic acids is 1. The van der Waals surface area contributed by atoms with Crippen LogP contribution in [0.1, 0.15) is 37.6 Å². The molecule has 0 aliphatic carbocycles. The van der Waals surface area contributed by atoms with E-state index in [1.165, 1.54) is 0 Å². The number of carbonyl (C=O) groups is 1. The molecule has 3 nitrogen and oxygen atoms in total. The zero-order valence-corrected chi connectivity index (χ0v) is 13.2. The highest BCUT2D eigenvalue weighted by molar-refractivity contribution is 14.1. The number of aliphatic hydroxyl groups excluding tert-OH is 1. The third kappa shape index (κ3) is 5.35. The summed E-state index contributed by atoms with van der Waals surface area (Å²) in [7, 11) is 0. The SMILES string of the molecule is CC(C)(C)CC(O)CNC(=O)c1ccccc1I. The van der Waals surface area contributed by atoms with Gasteiger partial charge in [0.1, 0.15) is 0 Å². The lowest BCUT2D eigenvalue weighted by Crippen LogP contribution is -2.34. The predicted octanol–water partition coefficient (Wildman–Crippen LogP) is 2.82. The number of aliphatic hydroxyl groups is 1. The topological polar surface area (TPSA) is 49.3 Å². The molecule has 4 heteroatoms. The molecule has 1 rings (SSSR count). The number of amides is 1. The summed E-state index contributed by atoms with van der Waals surface area (Å²) < 4.78 is 0.915. The first-order valence-corrected chi connectivity index (χ1v) is 7.08. The third-order valence-corrected chi connectivity index (χ3v) is 3.41. The number of halogens is 1. The first-order chi connectivity index (χ1) is 8.29. The van der Waals surface area contributed by atoms with Crippen molar-refractivity contribution in [3.8, 4) is 0 Å². The maximum Gasteiger partial charge on any atom is 0.252 e. The molecule has 0 aromatic heterocycles. The molecule has 1 atom stereocenters. The van der Waals surface area contributed by atoms with Gasteiger partial charge in [-0.3, -0.25) is 4.79 Å². The van der Waals surface area contributed by atoms with Crippen molar-refractivity contribution in [2.45, 2.75) is 33.3 Å². The average Bonchev–Trinajstić information content (AvgIpc) is 2.24. The van der Waals surface area contributed by atoms with Gasteiger partial charge in [-0.2, -0.15) is 0 Å². The van der Waals surface area contributed by atoms with Crippen LogP contribution in [-0.2, 0) is 0 Å². The number of rotatable bonds is 4. The lowest BCUT2D eigenvalue weighted by molar-refractivity contribution is 0.0868. The monoisotopic (exact) mass is 361 g/mol. The highest BCUT2D eigenvalue weighted by atomic mass is 127. The molecule has 0 saturated heterocycles. The van der Waals surface area contributed by atoms with E-state index in [0.717, 1.165) is 3.57 Å². The van der Waals surface area contributed by atoms with E-state index in [1.807, 2.05) is 18.2 Å². The van der Waals surface area contributed by atoms with Gasteiger partial charge in [0.2, 0.25) is 0 Å². The molecular weight excluding hydrogens is 341 g/mol. The van der Waals surface area contributed by atoms with Crippen LogP contribution in [0, 0.1) is 8.99 Å². The first kappa shape index (κ1) is 15.4. The molecule has 1 unspecified atom stereocenters. The Kier molecular flexibility index (Phi) is 5.59. The van der Waals surface area contributed by atoms with Gasteiger partial charge in [-0.1, -0.05) is 32.9 Å². The summed E-state index contributed by atoms with van der Waals surface area (Å²) in [6, 6.07) is 7.41. The lowest BCUT2D eigenvalue weighted by Gasteiger charge is -2.22. The largest absolute Gasteiger partial charge is 0.391 e. The van der Waals surface area contributed by atoms with Crippen molar-refractivity contribution in [3.63, 3.8) is 0 Å². The minimum absolute atomic E-state index is 0.0608. The van der Waals surface area contributed by atoms with Gasteiger partial charge >= 0.3 is 0 Å². The summed E-state index contributed by atoms with van der Waals surface area (Å²) in [5.74, 6) is -0.132. The number of hydrogen-bond donors (Lipinski definition) is 2. The average molecular weight is 361 g/mol. The Morgan fingerprint density at radius 2 is 2.00 bits per heavy atom. The second-order valence-electron chi connectivity index (χ2n) is 5.61. The fraction of sp³-hybridized carbons (Fsp3) is 0.500. The molecule has 1 aromatic carbocycles. The summed E-state index contributed by atoms with van der Waals surface area (Å²) in [6.45, 7) is 6.50. The van der Waals surface area contributed by atoms with Gasteiger partial charge in [0, 0.05) is 10.1 Å². The molecule has 1 amide bonds. The Morgan fingerprint density at radius 3 is 2.56 bits per heavy atom. The zero-order chi connectivity index (χ0) is 13.8. The van der Waals surface area contributed by atoms with Crippen molar-refractivity contribution in [2.75, 3.05) is 6.54 Å². The van der Waals surface area contributed by atoms with E-state index < -0.39 is 6.10 Å². The Morgan fingerprint density at radius 1 is 1.39 bits per heavy atom. The minimum Gasteiger partial charge on any atom is -0.391 e. The molecule has 0 saturated carbocycles. The molecule has 2 N–H and O–H groups in total. The van der Waals surface area contributed by atoms with Gasteiger partial charge in [0.25, 0.3) is 5.91 Å². The smallest absolute Gasteiger partial charge is 0.252 e. The Balaban J connectivity index is 2.50. The highest BCUT2D eigenvalue weighted by Crippen LogP contribution is 2.20. The molecule has 0 radical (unpaired) electrons. The standard InChI is InChI=1S/C14H20INO2/c1-14(2,3)8-10(17)9-16-13(18)11-6-4-5-7-12(11)15/h4-7,10,17H,8-9H2,1-3H3,(H,16,18). The van der Waals surface area contributed by atoms with Gasteiger partial charge in [0.15, 0.2) is 0 Å². The quantitative estimate of drug-likeness (QED) is 0.811. The van der Waals surface area contributed by atoms with E-state index >= 15 is 0 Å². The predicted molar refractivity (Wildman–Crippen MR) is 81.6 cm³/mol. The number of benzene rings is 1. The summed E-state index contributed by atoms with van der Waals surface area (Å²) in [6.07, 6.45) is 0.162.